The quantitative estimate of drug-likeness (QED) is 0.212. The second-order valence-electron chi connectivity index (χ2n) is 10.8. The molecule has 0 atom stereocenters. The summed E-state index contributed by atoms with van der Waals surface area (Å²) in [5, 5.41) is 7.61. The van der Waals surface area contributed by atoms with E-state index in [1.165, 1.54) is 11.1 Å². The minimum absolute atomic E-state index is 0.0658. The topological polar surface area (TPSA) is 63.4 Å². The van der Waals surface area contributed by atoms with Crippen molar-refractivity contribution in [3.63, 3.8) is 0 Å². The second kappa shape index (κ2) is 11.5. The maximum Gasteiger partial charge on any atom is 0.243 e. The molecule has 0 aliphatic heterocycles. The first kappa shape index (κ1) is 26.2. The van der Waals surface area contributed by atoms with E-state index in [0.29, 0.717) is 17.5 Å². The zero-order valence-electron chi connectivity index (χ0n) is 22.9. The van der Waals surface area contributed by atoms with Crippen LogP contribution >= 0.6 is 0 Å². The summed E-state index contributed by atoms with van der Waals surface area (Å²) < 4.78 is 11.9. The van der Waals surface area contributed by atoms with Crippen LogP contribution in [0.25, 0.3) is 11.3 Å². The Balaban J connectivity index is 1.30. The van der Waals surface area contributed by atoms with E-state index in [-0.39, 0.29) is 5.41 Å². The first-order valence-electron chi connectivity index (χ1n) is 13.1. The monoisotopic (exact) mass is 518 g/mol. The Bertz CT molecular complexity index is 1520. The van der Waals surface area contributed by atoms with Crippen LogP contribution in [-0.4, -0.2) is 22.1 Å². The van der Waals surface area contributed by atoms with Crippen molar-refractivity contribution in [2.75, 3.05) is 12.4 Å². The summed E-state index contributed by atoms with van der Waals surface area (Å²) in [7, 11) is 2.13. The van der Waals surface area contributed by atoms with E-state index < -0.39 is 0 Å². The van der Waals surface area contributed by atoms with Gasteiger partial charge in [0.25, 0.3) is 0 Å². The highest BCUT2D eigenvalue weighted by atomic mass is 16.5. The summed E-state index contributed by atoms with van der Waals surface area (Å²) in [6, 6.07) is 32.6. The number of pyridine rings is 1. The van der Waals surface area contributed by atoms with Crippen molar-refractivity contribution in [2.24, 2.45) is 0 Å². The van der Waals surface area contributed by atoms with Gasteiger partial charge in [-0.2, -0.15) is 0 Å². The lowest BCUT2D eigenvalue weighted by Gasteiger charge is -2.22. The van der Waals surface area contributed by atoms with Gasteiger partial charge in [-0.3, -0.25) is 4.90 Å². The standard InChI is InChI=1S/C33H34N4O2/c1-33(2,3)27-16-8-9-18-30(27)38-32-28(17-11-19-34-32)35-31-21-29(36-39-31)26-15-10-14-25(20-26)23-37(4)22-24-12-6-5-7-13-24/h5-21,35H,22-23H2,1-4H3. The van der Waals surface area contributed by atoms with Gasteiger partial charge in [-0.15, -0.1) is 0 Å². The molecular formula is C33H34N4O2. The highest BCUT2D eigenvalue weighted by Crippen LogP contribution is 2.36. The van der Waals surface area contributed by atoms with Gasteiger partial charge in [0, 0.05) is 36.5 Å². The molecule has 2 heterocycles. The number of benzene rings is 3. The van der Waals surface area contributed by atoms with Crippen molar-refractivity contribution in [1.82, 2.24) is 15.0 Å². The molecule has 0 unspecified atom stereocenters. The summed E-state index contributed by atoms with van der Waals surface area (Å²) in [4.78, 5) is 6.77. The number of aromatic nitrogens is 2. The summed E-state index contributed by atoms with van der Waals surface area (Å²) in [6.07, 6.45) is 1.71. The van der Waals surface area contributed by atoms with E-state index in [0.717, 1.165) is 35.7 Å². The lowest BCUT2D eigenvalue weighted by molar-refractivity contribution is 0.319. The van der Waals surface area contributed by atoms with Crippen LogP contribution in [0.3, 0.4) is 0 Å². The van der Waals surface area contributed by atoms with Gasteiger partial charge in [0.15, 0.2) is 0 Å². The molecule has 0 aliphatic carbocycles. The molecule has 6 nitrogen and oxygen atoms in total. The van der Waals surface area contributed by atoms with Crippen LogP contribution in [-0.2, 0) is 18.5 Å². The molecule has 0 bridgehead atoms. The zero-order chi connectivity index (χ0) is 27.2. The summed E-state index contributed by atoms with van der Waals surface area (Å²) in [5.41, 5.74) is 6.00. The van der Waals surface area contributed by atoms with Gasteiger partial charge in [0.05, 0.1) is 0 Å². The van der Waals surface area contributed by atoms with E-state index in [2.05, 4.69) is 96.7 Å². The first-order valence-corrected chi connectivity index (χ1v) is 13.1. The van der Waals surface area contributed by atoms with Crippen LogP contribution in [0.1, 0.15) is 37.5 Å². The van der Waals surface area contributed by atoms with Crippen LogP contribution in [0.15, 0.2) is 108 Å². The summed E-state index contributed by atoms with van der Waals surface area (Å²) >= 11 is 0. The minimum atomic E-state index is -0.0658. The van der Waals surface area contributed by atoms with Gasteiger partial charge in [0.1, 0.15) is 17.1 Å². The maximum atomic E-state index is 6.29. The SMILES string of the molecule is CN(Cc1ccccc1)Cc1cccc(-c2cc(Nc3cccnc3Oc3ccccc3C(C)(C)C)on2)c1. The van der Waals surface area contributed by atoms with Gasteiger partial charge >= 0.3 is 0 Å². The number of anilines is 2. The van der Waals surface area contributed by atoms with Crippen LogP contribution < -0.4 is 10.1 Å². The third kappa shape index (κ3) is 6.72. The van der Waals surface area contributed by atoms with Gasteiger partial charge in [-0.05, 0) is 47.9 Å². The fraction of sp³-hybridized carbons (Fsp3) is 0.212. The molecule has 0 spiro atoms. The molecular weight excluding hydrogens is 484 g/mol. The number of rotatable bonds is 9. The highest BCUT2D eigenvalue weighted by molar-refractivity contribution is 5.67. The van der Waals surface area contributed by atoms with Crippen molar-refractivity contribution >= 4 is 11.6 Å². The molecule has 0 fully saturated rings. The Morgan fingerprint density at radius 3 is 2.38 bits per heavy atom. The van der Waals surface area contributed by atoms with Crippen molar-refractivity contribution in [1.29, 1.82) is 0 Å². The van der Waals surface area contributed by atoms with Crippen LogP contribution in [0, 0.1) is 0 Å². The maximum absolute atomic E-state index is 6.29. The molecule has 0 saturated carbocycles. The third-order valence-electron chi connectivity index (χ3n) is 6.41. The number of nitrogens with one attached hydrogen (secondary N) is 1. The Morgan fingerprint density at radius 2 is 1.56 bits per heavy atom. The average Bonchev–Trinajstić information content (AvgIpc) is 3.39. The number of ether oxygens (including phenoxy) is 1. The summed E-state index contributed by atoms with van der Waals surface area (Å²) in [6.45, 7) is 8.22. The van der Waals surface area contributed by atoms with Gasteiger partial charge in [-0.25, -0.2) is 4.98 Å². The molecule has 0 saturated heterocycles. The van der Waals surface area contributed by atoms with Crippen molar-refractivity contribution < 1.29 is 9.26 Å². The normalized spacial score (nSPS) is 11.5. The number of hydrogen-bond acceptors (Lipinski definition) is 6. The number of hydrogen-bond donors (Lipinski definition) is 1. The largest absolute Gasteiger partial charge is 0.437 e. The fourth-order valence-electron chi connectivity index (χ4n) is 4.54. The van der Waals surface area contributed by atoms with Crippen LogP contribution in [0.2, 0.25) is 0 Å². The molecule has 5 aromatic rings. The molecule has 1 N–H and O–H groups in total. The molecule has 2 aromatic heterocycles. The van der Waals surface area contributed by atoms with E-state index in [4.69, 9.17) is 9.26 Å². The lowest BCUT2D eigenvalue weighted by atomic mass is 9.86. The smallest absolute Gasteiger partial charge is 0.243 e. The number of nitrogens with zero attached hydrogens (tertiary/aromatic N) is 3. The lowest BCUT2D eigenvalue weighted by Crippen LogP contribution is -2.17. The molecule has 0 amide bonds. The van der Waals surface area contributed by atoms with Crippen molar-refractivity contribution in [3.8, 4) is 22.9 Å². The Morgan fingerprint density at radius 1 is 0.821 bits per heavy atom. The second-order valence-corrected chi connectivity index (χ2v) is 10.8. The molecule has 39 heavy (non-hydrogen) atoms. The van der Waals surface area contributed by atoms with E-state index >= 15 is 0 Å². The third-order valence-corrected chi connectivity index (χ3v) is 6.41. The van der Waals surface area contributed by atoms with Crippen molar-refractivity contribution in [2.45, 2.75) is 39.3 Å². The first-order chi connectivity index (χ1) is 18.8. The van der Waals surface area contributed by atoms with E-state index in [9.17, 15) is 0 Å². The fourth-order valence-corrected chi connectivity index (χ4v) is 4.54. The van der Waals surface area contributed by atoms with Gasteiger partial charge in [-0.1, -0.05) is 92.7 Å². The Labute approximate surface area is 230 Å². The predicted molar refractivity (Wildman–Crippen MR) is 156 cm³/mol. The Hall–Kier alpha value is -4.42. The van der Waals surface area contributed by atoms with E-state index in [1.807, 2.05) is 48.5 Å². The van der Waals surface area contributed by atoms with Crippen molar-refractivity contribution in [3.05, 3.63) is 120 Å². The molecule has 6 heteroatoms. The van der Waals surface area contributed by atoms with Gasteiger partial charge in [0.2, 0.25) is 11.8 Å². The zero-order valence-corrected chi connectivity index (χ0v) is 22.9. The van der Waals surface area contributed by atoms with E-state index in [1.54, 1.807) is 6.20 Å². The highest BCUT2D eigenvalue weighted by Gasteiger charge is 2.20. The molecule has 5 rings (SSSR count). The molecule has 198 valence electrons. The van der Waals surface area contributed by atoms with Crippen LogP contribution in [0.4, 0.5) is 11.6 Å². The Kier molecular flexibility index (Phi) is 7.75. The molecule has 0 radical (unpaired) electrons. The average molecular weight is 519 g/mol. The molecule has 0 aliphatic rings. The summed E-state index contributed by atoms with van der Waals surface area (Å²) in [5.74, 6) is 1.76. The minimum Gasteiger partial charge on any atom is -0.437 e. The van der Waals surface area contributed by atoms with Crippen LogP contribution in [0.5, 0.6) is 11.6 Å². The van der Waals surface area contributed by atoms with Gasteiger partial charge < -0.3 is 14.6 Å². The predicted octanol–water partition coefficient (Wildman–Crippen LogP) is 8.20. The number of para-hydroxylation sites is 1. The molecule has 3 aromatic carbocycles.